The minimum absolute atomic E-state index is 0.0661. The van der Waals surface area contributed by atoms with Gasteiger partial charge in [0.15, 0.2) is 0 Å². The van der Waals surface area contributed by atoms with Gasteiger partial charge in [-0.25, -0.2) is 9.97 Å². The van der Waals surface area contributed by atoms with Gasteiger partial charge in [-0.3, -0.25) is 4.79 Å². The van der Waals surface area contributed by atoms with Gasteiger partial charge in [0.05, 0.1) is 11.4 Å². The van der Waals surface area contributed by atoms with E-state index in [2.05, 4.69) is 32.4 Å². The number of rotatable bonds is 1. The molecular formula is C18H21N5O. The Balaban J connectivity index is 1.56. The summed E-state index contributed by atoms with van der Waals surface area (Å²) in [6, 6.07) is 7.86. The molecule has 1 aromatic carbocycles. The number of nitrogens with one attached hydrogen (secondary N) is 2. The van der Waals surface area contributed by atoms with Crippen LogP contribution in [0, 0.1) is 13.8 Å². The maximum absolute atomic E-state index is 12.7. The first kappa shape index (κ1) is 14.9. The maximum atomic E-state index is 12.7. The molecule has 1 spiro atoms. The molecule has 1 amide bonds. The van der Waals surface area contributed by atoms with Crippen molar-refractivity contribution in [2.75, 3.05) is 28.6 Å². The molecule has 0 aliphatic carbocycles. The molecule has 2 N–H and O–H groups in total. The van der Waals surface area contributed by atoms with E-state index in [0.29, 0.717) is 0 Å². The molecule has 124 valence electrons. The van der Waals surface area contributed by atoms with Crippen LogP contribution in [0.5, 0.6) is 0 Å². The molecule has 6 nitrogen and oxygen atoms in total. The van der Waals surface area contributed by atoms with Crippen molar-refractivity contribution in [3.05, 3.63) is 41.9 Å². The number of benzene rings is 1. The van der Waals surface area contributed by atoms with Gasteiger partial charge in [0.25, 0.3) is 0 Å². The van der Waals surface area contributed by atoms with Crippen molar-refractivity contribution in [2.45, 2.75) is 32.2 Å². The summed E-state index contributed by atoms with van der Waals surface area (Å²) in [5, 5.41) is 6.54. The van der Waals surface area contributed by atoms with Crippen molar-refractivity contribution in [1.82, 2.24) is 9.97 Å². The number of amides is 1. The molecule has 1 aromatic heterocycles. The first-order valence-electron chi connectivity index (χ1n) is 8.31. The third-order valence-electron chi connectivity index (χ3n) is 5.21. The second kappa shape index (κ2) is 5.47. The highest BCUT2D eigenvalue weighted by molar-refractivity contribution is 6.06. The van der Waals surface area contributed by atoms with Crippen LogP contribution in [-0.2, 0) is 4.79 Å². The zero-order chi connectivity index (χ0) is 16.7. The van der Waals surface area contributed by atoms with Crippen molar-refractivity contribution >= 4 is 23.1 Å². The smallest absolute Gasteiger partial charge is 0.250 e. The molecule has 24 heavy (non-hydrogen) atoms. The molecule has 0 atom stereocenters. The fraction of sp³-hybridized carbons (Fsp3) is 0.389. The highest BCUT2D eigenvalue weighted by atomic mass is 16.2. The lowest BCUT2D eigenvalue weighted by molar-refractivity contribution is -0.121. The van der Waals surface area contributed by atoms with Gasteiger partial charge >= 0.3 is 0 Å². The molecule has 1 fully saturated rings. The van der Waals surface area contributed by atoms with Crippen molar-refractivity contribution < 1.29 is 4.79 Å². The molecule has 0 radical (unpaired) electrons. The number of aromatic nitrogens is 2. The summed E-state index contributed by atoms with van der Waals surface area (Å²) < 4.78 is 0. The van der Waals surface area contributed by atoms with Crippen LogP contribution in [0.4, 0.5) is 17.2 Å². The average molecular weight is 323 g/mol. The summed E-state index contributed by atoms with van der Waals surface area (Å²) >= 11 is 0. The number of anilines is 3. The van der Waals surface area contributed by atoms with Crippen molar-refractivity contribution in [3.63, 3.8) is 0 Å². The van der Waals surface area contributed by atoms with E-state index < -0.39 is 5.54 Å². The number of hydrogen-bond acceptors (Lipinski definition) is 5. The van der Waals surface area contributed by atoms with E-state index in [1.54, 1.807) is 6.33 Å². The Morgan fingerprint density at radius 3 is 2.54 bits per heavy atom. The van der Waals surface area contributed by atoms with Gasteiger partial charge in [0.1, 0.15) is 17.7 Å². The summed E-state index contributed by atoms with van der Waals surface area (Å²) in [5.74, 6) is 1.05. The number of carbonyl (C=O) groups excluding carboxylic acids is 1. The summed E-state index contributed by atoms with van der Waals surface area (Å²) in [7, 11) is 0. The quantitative estimate of drug-likeness (QED) is 0.844. The maximum Gasteiger partial charge on any atom is 0.250 e. The summed E-state index contributed by atoms with van der Waals surface area (Å²) in [4.78, 5) is 23.6. The van der Waals surface area contributed by atoms with E-state index in [-0.39, 0.29) is 5.91 Å². The number of hydrogen-bond donors (Lipinski definition) is 2. The topological polar surface area (TPSA) is 70.2 Å². The Morgan fingerprint density at radius 1 is 1.08 bits per heavy atom. The predicted molar refractivity (Wildman–Crippen MR) is 94.4 cm³/mol. The van der Waals surface area contributed by atoms with Crippen LogP contribution in [0.2, 0.25) is 0 Å². The number of piperidine rings is 1. The van der Waals surface area contributed by atoms with Gasteiger partial charge < -0.3 is 15.5 Å². The van der Waals surface area contributed by atoms with Gasteiger partial charge in [0, 0.05) is 24.3 Å². The zero-order valence-electron chi connectivity index (χ0n) is 14.0. The Bertz CT molecular complexity index is 796. The van der Waals surface area contributed by atoms with Crippen molar-refractivity contribution in [3.8, 4) is 0 Å². The second-order valence-corrected chi connectivity index (χ2v) is 6.60. The highest BCUT2D eigenvalue weighted by Crippen LogP contribution is 2.37. The van der Waals surface area contributed by atoms with E-state index >= 15 is 0 Å². The number of fused-ring (bicyclic) bond motifs is 1. The van der Waals surface area contributed by atoms with Crippen LogP contribution >= 0.6 is 0 Å². The summed E-state index contributed by atoms with van der Waals surface area (Å²) in [6.45, 7) is 5.63. The number of aryl methyl sites for hydroxylation is 1. The van der Waals surface area contributed by atoms with Crippen LogP contribution in [-0.4, -0.2) is 34.5 Å². The molecule has 0 saturated carbocycles. The standard InChI is InChI=1S/C18H21N5O/c1-12-13(2)19-11-20-16(12)23-9-7-18(8-10-23)17(24)21-14-5-3-4-6-15(14)22-18/h3-6,11,22H,7-10H2,1-2H3,(H,21,24). The highest BCUT2D eigenvalue weighted by Gasteiger charge is 2.44. The first-order valence-corrected chi connectivity index (χ1v) is 8.31. The Labute approximate surface area is 141 Å². The lowest BCUT2D eigenvalue weighted by Crippen LogP contribution is -2.58. The molecular weight excluding hydrogens is 302 g/mol. The van der Waals surface area contributed by atoms with Gasteiger partial charge in [0.2, 0.25) is 5.91 Å². The second-order valence-electron chi connectivity index (χ2n) is 6.60. The minimum Gasteiger partial charge on any atom is -0.369 e. The van der Waals surface area contributed by atoms with Gasteiger partial charge in [-0.05, 0) is 38.8 Å². The normalized spacial score (nSPS) is 18.8. The van der Waals surface area contributed by atoms with Crippen molar-refractivity contribution in [2.24, 2.45) is 0 Å². The van der Waals surface area contributed by atoms with E-state index in [1.165, 1.54) is 0 Å². The number of para-hydroxylation sites is 2. The van der Waals surface area contributed by atoms with E-state index in [0.717, 1.165) is 54.4 Å². The lowest BCUT2D eigenvalue weighted by Gasteiger charge is -2.44. The average Bonchev–Trinajstić information content (AvgIpc) is 2.59. The predicted octanol–water partition coefficient (Wildman–Crippen LogP) is 2.50. The van der Waals surface area contributed by atoms with E-state index in [1.807, 2.05) is 31.2 Å². The molecule has 3 heterocycles. The molecule has 4 rings (SSSR count). The van der Waals surface area contributed by atoms with Crippen LogP contribution < -0.4 is 15.5 Å². The largest absolute Gasteiger partial charge is 0.369 e. The Hall–Kier alpha value is -2.63. The first-order chi connectivity index (χ1) is 11.6. The molecule has 2 aliphatic heterocycles. The minimum atomic E-state index is -0.527. The van der Waals surface area contributed by atoms with Gasteiger partial charge in [-0.1, -0.05) is 12.1 Å². The van der Waals surface area contributed by atoms with Crippen LogP contribution in [0.3, 0.4) is 0 Å². The van der Waals surface area contributed by atoms with Crippen LogP contribution in [0.25, 0.3) is 0 Å². The molecule has 2 aromatic rings. The zero-order valence-corrected chi connectivity index (χ0v) is 14.0. The Kier molecular flexibility index (Phi) is 3.40. The molecule has 2 aliphatic rings. The monoisotopic (exact) mass is 323 g/mol. The van der Waals surface area contributed by atoms with Gasteiger partial charge in [-0.15, -0.1) is 0 Å². The van der Waals surface area contributed by atoms with E-state index in [9.17, 15) is 4.79 Å². The molecule has 0 bridgehead atoms. The summed E-state index contributed by atoms with van der Waals surface area (Å²) in [5.41, 5.74) is 3.45. The fourth-order valence-electron chi connectivity index (χ4n) is 3.55. The third-order valence-corrected chi connectivity index (χ3v) is 5.21. The lowest BCUT2D eigenvalue weighted by atomic mass is 9.84. The number of nitrogens with zero attached hydrogens (tertiary/aromatic N) is 3. The third kappa shape index (κ3) is 2.29. The van der Waals surface area contributed by atoms with Gasteiger partial charge in [-0.2, -0.15) is 0 Å². The molecule has 0 unspecified atom stereocenters. The molecule has 6 heteroatoms. The Morgan fingerprint density at radius 2 is 1.79 bits per heavy atom. The van der Waals surface area contributed by atoms with Crippen LogP contribution in [0.15, 0.2) is 30.6 Å². The number of carbonyl (C=O) groups is 1. The SMILES string of the molecule is Cc1ncnc(N2CCC3(CC2)Nc2ccccc2NC3=O)c1C. The van der Waals surface area contributed by atoms with Crippen LogP contribution in [0.1, 0.15) is 24.1 Å². The van der Waals surface area contributed by atoms with E-state index in [4.69, 9.17) is 0 Å². The van der Waals surface area contributed by atoms with Crippen molar-refractivity contribution in [1.29, 1.82) is 0 Å². The molecule has 1 saturated heterocycles. The fourth-order valence-corrected chi connectivity index (χ4v) is 3.55. The summed E-state index contributed by atoms with van der Waals surface area (Å²) in [6.07, 6.45) is 3.11.